The van der Waals surface area contributed by atoms with Gasteiger partial charge in [-0.2, -0.15) is 0 Å². The summed E-state index contributed by atoms with van der Waals surface area (Å²) < 4.78 is 0. The number of hydrogen-bond acceptors (Lipinski definition) is 0. The molecule has 0 nitrogen and oxygen atoms in total. The molecule has 0 heteroatoms. The van der Waals surface area contributed by atoms with Crippen molar-refractivity contribution >= 4 is 0 Å². The van der Waals surface area contributed by atoms with Crippen LogP contribution in [0.15, 0.2) is 46.6 Å². The molecule has 21 heavy (non-hydrogen) atoms. The van der Waals surface area contributed by atoms with Gasteiger partial charge >= 0.3 is 0 Å². The van der Waals surface area contributed by atoms with Crippen molar-refractivity contribution in [2.45, 2.75) is 73.6 Å². The molecule has 0 aromatic heterocycles. The van der Waals surface area contributed by atoms with E-state index in [1.165, 1.54) is 53.5 Å². The Labute approximate surface area is 132 Å². The molecule has 1 unspecified atom stereocenters. The summed E-state index contributed by atoms with van der Waals surface area (Å²) in [5.41, 5.74) is 8.53. The van der Waals surface area contributed by atoms with Gasteiger partial charge in [-0.05, 0) is 82.8 Å². The van der Waals surface area contributed by atoms with Crippen LogP contribution in [0.3, 0.4) is 0 Å². The summed E-state index contributed by atoms with van der Waals surface area (Å²) in [5.74, 6) is 1.48. The first kappa shape index (κ1) is 18.0. The van der Waals surface area contributed by atoms with E-state index in [1.807, 2.05) is 0 Å². The van der Waals surface area contributed by atoms with Gasteiger partial charge in [0.2, 0.25) is 0 Å². The third-order valence-electron chi connectivity index (χ3n) is 5.48. The fourth-order valence-electron chi connectivity index (χ4n) is 3.62. The number of allylic oxidation sites excluding steroid dienone is 6. The SMILES string of the molecule is C=C1CCC(C(C)/C(C)=C(C)/C(C(=C)C)=C(\C)CC)CC1. The summed E-state index contributed by atoms with van der Waals surface area (Å²) >= 11 is 0. The van der Waals surface area contributed by atoms with Crippen LogP contribution in [0.5, 0.6) is 0 Å². The second-order valence-corrected chi connectivity index (χ2v) is 6.97. The van der Waals surface area contributed by atoms with Crippen LogP contribution in [0.2, 0.25) is 0 Å². The lowest BCUT2D eigenvalue weighted by Crippen LogP contribution is -2.18. The minimum absolute atomic E-state index is 0.664. The molecule has 1 saturated carbocycles. The minimum atomic E-state index is 0.664. The van der Waals surface area contributed by atoms with Gasteiger partial charge in [0.15, 0.2) is 0 Å². The molecule has 0 radical (unpaired) electrons. The molecule has 118 valence electrons. The Morgan fingerprint density at radius 2 is 1.67 bits per heavy atom. The molecule has 1 aliphatic carbocycles. The Kier molecular flexibility index (Phi) is 6.71. The van der Waals surface area contributed by atoms with E-state index in [-0.39, 0.29) is 0 Å². The first-order chi connectivity index (χ1) is 9.79. The molecule has 0 bridgehead atoms. The maximum Gasteiger partial charge on any atom is -0.0200 e. The summed E-state index contributed by atoms with van der Waals surface area (Å²) in [6, 6.07) is 0. The van der Waals surface area contributed by atoms with Crippen molar-refractivity contribution in [1.29, 1.82) is 0 Å². The van der Waals surface area contributed by atoms with E-state index in [4.69, 9.17) is 0 Å². The highest BCUT2D eigenvalue weighted by Gasteiger charge is 2.24. The van der Waals surface area contributed by atoms with Crippen molar-refractivity contribution in [3.8, 4) is 0 Å². The predicted octanol–water partition coefficient (Wildman–Crippen LogP) is 7.01. The zero-order valence-electron chi connectivity index (χ0n) is 15.1. The van der Waals surface area contributed by atoms with Crippen molar-refractivity contribution in [3.63, 3.8) is 0 Å². The van der Waals surface area contributed by atoms with E-state index in [2.05, 4.69) is 54.7 Å². The molecule has 1 rings (SSSR count). The maximum atomic E-state index is 4.21. The van der Waals surface area contributed by atoms with E-state index < -0.39 is 0 Å². The summed E-state index contributed by atoms with van der Waals surface area (Å²) in [4.78, 5) is 0. The van der Waals surface area contributed by atoms with Gasteiger partial charge in [0, 0.05) is 0 Å². The zero-order chi connectivity index (χ0) is 16.2. The van der Waals surface area contributed by atoms with Gasteiger partial charge in [-0.1, -0.05) is 49.3 Å². The van der Waals surface area contributed by atoms with Crippen molar-refractivity contribution in [3.05, 3.63) is 46.6 Å². The highest BCUT2D eigenvalue weighted by molar-refractivity contribution is 5.48. The summed E-state index contributed by atoms with van der Waals surface area (Å²) in [7, 11) is 0. The molecule has 1 atom stereocenters. The van der Waals surface area contributed by atoms with Gasteiger partial charge < -0.3 is 0 Å². The summed E-state index contributed by atoms with van der Waals surface area (Å²) in [6.07, 6.45) is 6.16. The van der Waals surface area contributed by atoms with Crippen LogP contribution in [0.1, 0.15) is 73.6 Å². The van der Waals surface area contributed by atoms with Crippen molar-refractivity contribution in [2.24, 2.45) is 11.8 Å². The molecule has 0 spiro atoms. The van der Waals surface area contributed by atoms with Gasteiger partial charge in [-0.25, -0.2) is 0 Å². The molecule has 0 aromatic carbocycles. The Hall–Kier alpha value is -1.04. The molecule has 0 aliphatic heterocycles. The van der Waals surface area contributed by atoms with E-state index in [0.717, 1.165) is 12.3 Å². The molecule has 0 N–H and O–H groups in total. The van der Waals surface area contributed by atoms with E-state index >= 15 is 0 Å². The lowest BCUT2D eigenvalue weighted by molar-refractivity contribution is 0.324. The average Bonchev–Trinajstić information content (AvgIpc) is 2.45. The molecule has 1 aliphatic rings. The Bertz CT molecular complexity index is 460. The van der Waals surface area contributed by atoms with Gasteiger partial charge in [0.1, 0.15) is 0 Å². The van der Waals surface area contributed by atoms with E-state index in [0.29, 0.717) is 5.92 Å². The van der Waals surface area contributed by atoms with E-state index in [9.17, 15) is 0 Å². The van der Waals surface area contributed by atoms with Gasteiger partial charge in [-0.3, -0.25) is 0 Å². The molecule has 0 heterocycles. The highest BCUT2D eigenvalue weighted by atomic mass is 14.3. The van der Waals surface area contributed by atoms with Crippen LogP contribution < -0.4 is 0 Å². The van der Waals surface area contributed by atoms with Crippen LogP contribution in [-0.4, -0.2) is 0 Å². The van der Waals surface area contributed by atoms with Crippen LogP contribution in [0.25, 0.3) is 0 Å². The Balaban J connectivity index is 3.04. The standard InChI is InChI=1S/C21H34/c1-9-16(5)21(14(2)3)19(8)17(6)18(7)20-12-10-15(4)11-13-20/h18,20H,2,4,9-13H2,1,3,5-8H3/b19-17+,21-16+. The van der Waals surface area contributed by atoms with Crippen molar-refractivity contribution in [2.75, 3.05) is 0 Å². The highest BCUT2D eigenvalue weighted by Crippen LogP contribution is 2.38. The molecule has 0 amide bonds. The first-order valence-corrected chi connectivity index (χ1v) is 8.49. The molecule has 0 saturated heterocycles. The average molecular weight is 287 g/mol. The van der Waals surface area contributed by atoms with E-state index in [1.54, 1.807) is 5.57 Å². The summed E-state index contributed by atoms with van der Waals surface area (Å²) in [5, 5.41) is 0. The molecule has 0 aromatic rings. The van der Waals surface area contributed by atoms with Crippen LogP contribution >= 0.6 is 0 Å². The third-order valence-corrected chi connectivity index (χ3v) is 5.48. The topological polar surface area (TPSA) is 0 Å². The first-order valence-electron chi connectivity index (χ1n) is 8.49. The second kappa shape index (κ2) is 7.82. The van der Waals surface area contributed by atoms with Crippen LogP contribution in [0.4, 0.5) is 0 Å². The fraction of sp³-hybridized carbons (Fsp3) is 0.619. The quantitative estimate of drug-likeness (QED) is 0.377. The summed E-state index contributed by atoms with van der Waals surface area (Å²) in [6.45, 7) is 22.0. The zero-order valence-corrected chi connectivity index (χ0v) is 15.1. The fourth-order valence-corrected chi connectivity index (χ4v) is 3.62. The van der Waals surface area contributed by atoms with Crippen molar-refractivity contribution in [1.82, 2.24) is 0 Å². The predicted molar refractivity (Wildman–Crippen MR) is 96.4 cm³/mol. The van der Waals surface area contributed by atoms with Gasteiger partial charge in [-0.15, -0.1) is 0 Å². The third kappa shape index (κ3) is 4.46. The Morgan fingerprint density at radius 3 is 2.10 bits per heavy atom. The smallest absolute Gasteiger partial charge is 0.0200 e. The van der Waals surface area contributed by atoms with Crippen molar-refractivity contribution < 1.29 is 0 Å². The second-order valence-electron chi connectivity index (χ2n) is 6.97. The maximum absolute atomic E-state index is 4.21. The van der Waals surface area contributed by atoms with Gasteiger partial charge in [0.05, 0.1) is 0 Å². The number of hydrogen-bond donors (Lipinski definition) is 0. The largest absolute Gasteiger partial charge is 0.0999 e. The lowest BCUT2D eigenvalue weighted by Gasteiger charge is -2.31. The Morgan fingerprint density at radius 1 is 1.14 bits per heavy atom. The minimum Gasteiger partial charge on any atom is -0.0999 e. The lowest BCUT2D eigenvalue weighted by atomic mass is 9.75. The number of rotatable bonds is 5. The molecular formula is C21H34. The normalized spacial score (nSPS) is 20.8. The van der Waals surface area contributed by atoms with Crippen LogP contribution in [-0.2, 0) is 0 Å². The van der Waals surface area contributed by atoms with Gasteiger partial charge in [0.25, 0.3) is 0 Å². The molecular weight excluding hydrogens is 252 g/mol. The molecule has 1 fully saturated rings. The monoisotopic (exact) mass is 286 g/mol. The van der Waals surface area contributed by atoms with Crippen LogP contribution in [0, 0.1) is 11.8 Å².